The Morgan fingerprint density at radius 2 is 1.64 bits per heavy atom. The van der Waals surface area contributed by atoms with Gasteiger partial charge < -0.3 is 10.2 Å². The third kappa shape index (κ3) is 8.27. The van der Waals surface area contributed by atoms with Crippen molar-refractivity contribution in [1.82, 2.24) is 0 Å². The van der Waals surface area contributed by atoms with Gasteiger partial charge in [-0.1, -0.05) is 76.9 Å². The van der Waals surface area contributed by atoms with E-state index in [-0.39, 0.29) is 6.10 Å². The summed E-state index contributed by atoms with van der Waals surface area (Å²) in [5, 5.41) is 19.2. The van der Waals surface area contributed by atoms with Crippen LogP contribution in [0.3, 0.4) is 0 Å². The maximum Gasteiger partial charge on any atom is 0.303 e. The van der Waals surface area contributed by atoms with E-state index in [0.717, 1.165) is 31.6 Å². The van der Waals surface area contributed by atoms with Crippen LogP contribution in [-0.2, 0) is 4.79 Å². The van der Waals surface area contributed by atoms with Crippen LogP contribution in [0.25, 0.3) is 0 Å². The van der Waals surface area contributed by atoms with Gasteiger partial charge in [0.05, 0.1) is 6.10 Å². The number of carboxylic acid groups (broad SMARTS) is 1. The lowest BCUT2D eigenvalue weighted by molar-refractivity contribution is -0.137. The molecule has 3 nitrogen and oxygen atoms in total. The first-order valence-electron chi connectivity index (χ1n) is 12.2. The summed E-state index contributed by atoms with van der Waals surface area (Å²) in [5.74, 6) is 1.79. The number of aliphatic carboxylic acids is 1. The van der Waals surface area contributed by atoms with Crippen LogP contribution in [0.5, 0.6) is 0 Å². The van der Waals surface area contributed by atoms with Gasteiger partial charge in [0.25, 0.3) is 0 Å². The van der Waals surface area contributed by atoms with E-state index in [1.807, 2.05) is 0 Å². The van der Waals surface area contributed by atoms with Gasteiger partial charge in [-0.3, -0.25) is 4.79 Å². The van der Waals surface area contributed by atoms with Gasteiger partial charge in [-0.25, -0.2) is 0 Å². The van der Waals surface area contributed by atoms with Crippen molar-refractivity contribution in [3.05, 3.63) is 12.2 Å². The molecule has 0 spiro atoms. The van der Waals surface area contributed by atoms with Gasteiger partial charge in [0, 0.05) is 12.3 Å². The first-order valence-corrected chi connectivity index (χ1v) is 12.2. The van der Waals surface area contributed by atoms with Crippen molar-refractivity contribution in [3.8, 4) is 0 Å². The molecule has 0 aromatic rings. The van der Waals surface area contributed by atoms with E-state index in [1.54, 1.807) is 0 Å². The molecule has 0 heterocycles. The highest BCUT2D eigenvalue weighted by atomic mass is 16.4. The molecule has 5 atom stereocenters. The Morgan fingerprint density at radius 1 is 0.929 bits per heavy atom. The highest BCUT2D eigenvalue weighted by Gasteiger charge is 2.46. The first-order chi connectivity index (χ1) is 13.6. The maximum absolute atomic E-state index is 10.6. The van der Waals surface area contributed by atoms with Gasteiger partial charge in [-0.15, -0.1) is 0 Å². The van der Waals surface area contributed by atoms with Crippen LogP contribution in [0.4, 0.5) is 0 Å². The van der Waals surface area contributed by atoms with Gasteiger partial charge in [-0.2, -0.15) is 0 Å². The zero-order chi connectivity index (χ0) is 20.2. The molecular weight excluding hydrogens is 348 g/mol. The molecule has 0 amide bonds. The lowest BCUT2D eigenvalue weighted by Crippen LogP contribution is -2.17. The van der Waals surface area contributed by atoms with Crippen molar-refractivity contribution in [1.29, 1.82) is 0 Å². The molecule has 0 aromatic heterocycles. The second-order valence-electron chi connectivity index (χ2n) is 9.47. The number of aliphatic hydroxyl groups is 1. The van der Waals surface area contributed by atoms with Crippen molar-refractivity contribution in [2.45, 2.75) is 116 Å². The number of carboxylic acids is 1. The second kappa shape index (κ2) is 13.4. The van der Waals surface area contributed by atoms with Gasteiger partial charge in [-0.05, 0) is 56.3 Å². The molecule has 28 heavy (non-hydrogen) atoms. The van der Waals surface area contributed by atoms with Crippen LogP contribution in [0.1, 0.15) is 110 Å². The molecule has 0 aliphatic heterocycles. The summed E-state index contributed by atoms with van der Waals surface area (Å²) in [7, 11) is 0. The van der Waals surface area contributed by atoms with Gasteiger partial charge in [0.2, 0.25) is 0 Å². The Kier molecular flexibility index (Phi) is 11.2. The topological polar surface area (TPSA) is 57.5 Å². The molecule has 162 valence electrons. The van der Waals surface area contributed by atoms with E-state index >= 15 is 0 Å². The molecule has 2 rings (SSSR count). The molecule has 0 radical (unpaired) electrons. The molecule has 0 bridgehead atoms. The summed E-state index contributed by atoms with van der Waals surface area (Å²) in [5.41, 5.74) is 0. The number of fused-ring (bicyclic) bond motifs is 1. The molecule has 2 saturated carbocycles. The molecule has 3 unspecified atom stereocenters. The lowest BCUT2D eigenvalue weighted by Gasteiger charge is -2.18. The molecule has 2 fully saturated rings. The zero-order valence-electron chi connectivity index (χ0n) is 18.2. The van der Waals surface area contributed by atoms with Crippen LogP contribution in [0, 0.1) is 23.7 Å². The predicted molar refractivity (Wildman–Crippen MR) is 116 cm³/mol. The quantitative estimate of drug-likeness (QED) is 0.239. The molecule has 3 heteroatoms. The SMILES string of the molecule is CCCCCCCCCC/C=C/[C@@H]1C2CC(CCCCC(=O)O)CC2C[C@H]1O. The minimum atomic E-state index is -0.673. The predicted octanol–water partition coefficient (Wildman–Crippen LogP) is 6.74. The molecule has 2 N–H and O–H groups in total. The number of carbonyl (C=O) groups is 1. The average Bonchev–Trinajstić information content (AvgIpc) is 3.17. The van der Waals surface area contributed by atoms with Crippen molar-refractivity contribution in [2.75, 3.05) is 0 Å². The van der Waals surface area contributed by atoms with E-state index in [2.05, 4.69) is 19.1 Å². The highest BCUT2D eigenvalue weighted by Crippen LogP contribution is 2.51. The van der Waals surface area contributed by atoms with Gasteiger partial charge in [0.1, 0.15) is 0 Å². The van der Waals surface area contributed by atoms with Gasteiger partial charge in [0.15, 0.2) is 0 Å². The summed E-state index contributed by atoms with van der Waals surface area (Å²) in [6, 6.07) is 0. The molecule has 2 aliphatic carbocycles. The van der Waals surface area contributed by atoms with E-state index in [1.165, 1.54) is 70.6 Å². The largest absolute Gasteiger partial charge is 0.481 e. The Labute approximate surface area is 173 Å². The van der Waals surface area contributed by atoms with Gasteiger partial charge >= 0.3 is 5.97 Å². The number of unbranched alkanes of at least 4 members (excludes halogenated alkanes) is 9. The third-order valence-corrected chi connectivity index (χ3v) is 7.17. The van der Waals surface area contributed by atoms with E-state index in [0.29, 0.717) is 24.2 Å². The normalized spacial score (nSPS) is 29.6. The second-order valence-corrected chi connectivity index (χ2v) is 9.47. The van der Waals surface area contributed by atoms with Crippen molar-refractivity contribution >= 4 is 5.97 Å². The fourth-order valence-electron chi connectivity index (χ4n) is 5.64. The molecule has 0 aromatic carbocycles. The minimum absolute atomic E-state index is 0.141. The van der Waals surface area contributed by atoms with Crippen molar-refractivity contribution in [2.24, 2.45) is 23.7 Å². The summed E-state index contributed by atoms with van der Waals surface area (Å²) in [4.78, 5) is 10.6. The number of rotatable bonds is 15. The standard InChI is InChI=1S/C25H44O3/c1-2-3-4-5-6-7-8-9-10-11-15-22-23-18-20(14-12-13-16-25(27)28)17-21(23)19-24(22)26/h11,15,20-24,26H,2-10,12-14,16-19H2,1H3,(H,27,28)/b15-11+/t20?,21?,22-,23?,24-/m1/s1. The molecular formula is C25H44O3. The van der Waals surface area contributed by atoms with Crippen LogP contribution < -0.4 is 0 Å². The van der Waals surface area contributed by atoms with Crippen LogP contribution in [0.2, 0.25) is 0 Å². The Hall–Kier alpha value is -0.830. The van der Waals surface area contributed by atoms with Crippen LogP contribution in [0.15, 0.2) is 12.2 Å². The summed E-state index contributed by atoms with van der Waals surface area (Å²) in [6.45, 7) is 2.27. The summed E-state index contributed by atoms with van der Waals surface area (Å²) < 4.78 is 0. The number of hydrogen-bond donors (Lipinski definition) is 2. The van der Waals surface area contributed by atoms with E-state index in [9.17, 15) is 9.90 Å². The van der Waals surface area contributed by atoms with Crippen molar-refractivity contribution < 1.29 is 15.0 Å². The zero-order valence-corrected chi connectivity index (χ0v) is 18.2. The molecule has 2 aliphatic rings. The fourth-order valence-corrected chi connectivity index (χ4v) is 5.64. The average molecular weight is 393 g/mol. The van der Waals surface area contributed by atoms with E-state index in [4.69, 9.17) is 5.11 Å². The third-order valence-electron chi connectivity index (χ3n) is 7.17. The maximum atomic E-state index is 10.6. The summed E-state index contributed by atoms with van der Waals surface area (Å²) >= 11 is 0. The smallest absolute Gasteiger partial charge is 0.303 e. The van der Waals surface area contributed by atoms with Crippen LogP contribution in [-0.4, -0.2) is 22.3 Å². The first kappa shape index (κ1) is 23.4. The van der Waals surface area contributed by atoms with Crippen molar-refractivity contribution in [3.63, 3.8) is 0 Å². The summed E-state index contributed by atoms with van der Waals surface area (Å²) in [6.07, 6.45) is 23.4. The number of aliphatic hydroxyl groups excluding tert-OH is 1. The Balaban J connectivity index is 1.58. The number of allylic oxidation sites excluding steroid dienone is 1. The monoisotopic (exact) mass is 392 g/mol. The van der Waals surface area contributed by atoms with Crippen LogP contribution >= 0.6 is 0 Å². The minimum Gasteiger partial charge on any atom is -0.481 e. The number of hydrogen-bond acceptors (Lipinski definition) is 2. The Morgan fingerprint density at radius 3 is 2.36 bits per heavy atom. The fraction of sp³-hybridized carbons (Fsp3) is 0.880. The molecule has 0 saturated heterocycles. The van der Waals surface area contributed by atoms with E-state index < -0.39 is 5.97 Å². The Bertz CT molecular complexity index is 459. The highest BCUT2D eigenvalue weighted by molar-refractivity contribution is 5.66. The lowest BCUT2D eigenvalue weighted by atomic mass is 9.89.